The zero-order valence-electron chi connectivity index (χ0n) is 6.08. The van der Waals surface area contributed by atoms with E-state index in [4.69, 9.17) is 4.52 Å². The van der Waals surface area contributed by atoms with E-state index in [0.717, 1.165) is 12.3 Å². The van der Waals surface area contributed by atoms with Gasteiger partial charge >= 0.3 is 8.69 Å². The highest BCUT2D eigenvalue weighted by atomic mass is 31.1. The Morgan fingerprint density at radius 2 is 2.00 bits per heavy atom. The fourth-order valence-corrected chi connectivity index (χ4v) is 1.74. The van der Waals surface area contributed by atoms with Crippen LogP contribution in [0.5, 0.6) is 0 Å². The van der Waals surface area contributed by atoms with Gasteiger partial charge in [-0.05, 0) is 12.3 Å². The summed E-state index contributed by atoms with van der Waals surface area (Å²) >= 11 is 0. The molecule has 0 aliphatic heterocycles. The van der Waals surface area contributed by atoms with E-state index >= 15 is 0 Å². The topological polar surface area (TPSA) is 26.3 Å². The highest BCUT2D eigenvalue weighted by molar-refractivity contribution is 7.17. The Bertz CT molecular complexity index is 105. The van der Waals surface area contributed by atoms with Gasteiger partial charge in [0.1, 0.15) is 0 Å². The molecule has 0 radical (unpaired) electrons. The molecule has 0 N–H and O–H groups in total. The van der Waals surface area contributed by atoms with Crippen molar-refractivity contribution in [3.8, 4) is 0 Å². The second kappa shape index (κ2) is 7.25. The zero-order valence-corrected chi connectivity index (χ0v) is 6.98. The standard InChI is InChI=1S/C7H13O2P.Al.3H/c8-10-9-6-5-7-3-1-2-4-7;;;;/h7H,1-6H2;;;;. The minimum absolute atomic E-state index is 0. The van der Waals surface area contributed by atoms with E-state index in [1.807, 2.05) is 0 Å². The molecule has 0 atom stereocenters. The lowest BCUT2D eigenvalue weighted by Gasteiger charge is -2.04. The maximum Gasteiger partial charge on any atom is 0.327 e. The van der Waals surface area contributed by atoms with Crippen molar-refractivity contribution in [1.29, 1.82) is 0 Å². The molecule has 1 fully saturated rings. The average molecular weight is 190 g/mol. The second-order valence-corrected chi connectivity index (χ2v) is 3.25. The molecule has 0 bridgehead atoms. The van der Waals surface area contributed by atoms with Gasteiger partial charge in [0.2, 0.25) is 0 Å². The first kappa shape index (κ1) is 11.6. The Morgan fingerprint density at radius 3 is 2.55 bits per heavy atom. The van der Waals surface area contributed by atoms with Gasteiger partial charge in [0.25, 0.3) is 0 Å². The first-order chi connectivity index (χ1) is 4.93. The summed E-state index contributed by atoms with van der Waals surface area (Å²) in [6.45, 7) is 0.662. The summed E-state index contributed by atoms with van der Waals surface area (Å²) in [6.07, 6.45) is 6.53. The van der Waals surface area contributed by atoms with Crippen molar-refractivity contribution in [1.82, 2.24) is 0 Å². The Hall–Kier alpha value is 0.592. The molecule has 1 saturated carbocycles. The molecule has 0 saturated heterocycles. The third-order valence-corrected chi connectivity index (χ3v) is 2.43. The maximum absolute atomic E-state index is 9.85. The van der Waals surface area contributed by atoms with Gasteiger partial charge in [-0.25, -0.2) is 4.57 Å². The molecule has 11 heavy (non-hydrogen) atoms. The predicted molar refractivity (Wildman–Crippen MR) is 50.1 cm³/mol. The third-order valence-electron chi connectivity index (χ3n) is 2.14. The number of hydrogen-bond donors (Lipinski definition) is 0. The van der Waals surface area contributed by atoms with E-state index in [2.05, 4.69) is 0 Å². The molecule has 1 rings (SSSR count). The SMILES string of the molecule is O=POCCC1CCCC1.[AlH3]. The summed E-state index contributed by atoms with van der Waals surface area (Å²) < 4.78 is 14.6. The van der Waals surface area contributed by atoms with Crippen LogP contribution in [-0.4, -0.2) is 24.0 Å². The van der Waals surface area contributed by atoms with Crippen LogP contribution in [0.4, 0.5) is 0 Å². The molecule has 4 heteroatoms. The molecule has 1 aliphatic carbocycles. The van der Waals surface area contributed by atoms with E-state index in [9.17, 15) is 4.57 Å². The predicted octanol–water partition coefficient (Wildman–Crippen LogP) is 1.61. The number of rotatable bonds is 4. The highest BCUT2D eigenvalue weighted by Crippen LogP contribution is 2.27. The number of hydrogen-bond acceptors (Lipinski definition) is 2. The van der Waals surface area contributed by atoms with Crippen LogP contribution in [0.3, 0.4) is 0 Å². The van der Waals surface area contributed by atoms with Crippen LogP contribution in [0, 0.1) is 5.92 Å². The largest absolute Gasteiger partial charge is 0.327 e. The van der Waals surface area contributed by atoms with Gasteiger partial charge in [-0.3, -0.25) is 4.52 Å². The summed E-state index contributed by atoms with van der Waals surface area (Å²) in [5, 5.41) is 0. The van der Waals surface area contributed by atoms with Crippen molar-refractivity contribution < 1.29 is 9.09 Å². The summed E-state index contributed by atoms with van der Waals surface area (Å²) in [4.78, 5) is 0. The van der Waals surface area contributed by atoms with Gasteiger partial charge in [-0.15, -0.1) is 0 Å². The van der Waals surface area contributed by atoms with Crippen LogP contribution in [0.1, 0.15) is 32.1 Å². The lowest BCUT2D eigenvalue weighted by atomic mass is 10.1. The van der Waals surface area contributed by atoms with Gasteiger partial charge in [-0.1, -0.05) is 25.7 Å². The van der Waals surface area contributed by atoms with Crippen LogP contribution in [0.15, 0.2) is 0 Å². The van der Waals surface area contributed by atoms with Crippen LogP contribution in [0.2, 0.25) is 0 Å². The summed E-state index contributed by atoms with van der Waals surface area (Å²) in [5.41, 5.74) is 0. The zero-order chi connectivity index (χ0) is 7.23. The summed E-state index contributed by atoms with van der Waals surface area (Å²) in [6, 6.07) is 0. The monoisotopic (exact) mass is 190 g/mol. The molecule has 2 nitrogen and oxygen atoms in total. The second-order valence-electron chi connectivity index (χ2n) is 2.85. The lowest BCUT2D eigenvalue weighted by molar-refractivity contribution is 0.300. The Balaban J connectivity index is 0.000001000. The maximum atomic E-state index is 9.85. The summed E-state index contributed by atoms with van der Waals surface area (Å²) in [5.74, 6) is 0.849. The highest BCUT2D eigenvalue weighted by Gasteiger charge is 2.13. The van der Waals surface area contributed by atoms with Crippen molar-refractivity contribution in [2.24, 2.45) is 5.92 Å². The third kappa shape index (κ3) is 4.93. The fraction of sp³-hybridized carbons (Fsp3) is 1.00. The van der Waals surface area contributed by atoms with E-state index in [1.165, 1.54) is 25.7 Å². The Labute approximate surface area is 80.1 Å². The van der Waals surface area contributed by atoms with Crippen LogP contribution in [-0.2, 0) is 9.09 Å². The molecule has 1 aliphatic rings. The molecular formula is C7H16AlO2P. The van der Waals surface area contributed by atoms with Crippen LogP contribution >= 0.6 is 8.69 Å². The molecule has 0 unspecified atom stereocenters. The van der Waals surface area contributed by atoms with Gasteiger partial charge in [0, 0.05) is 0 Å². The normalized spacial score (nSPS) is 18.5. The Morgan fingerprint density at radius 1 is 1.36 bits per heavy atom. The van der Waals surface area contributed by atoms with Crippen molar-refractivity contribution in [3.05, 3.63) is 0 Å². The van der Waals surface area contributed by atoms with Gasteiger partial charge in [0.05, 0.1) is 6.61 Å². The van der Waals surface area contributed by atoms with Crippen molar-refractivity contribution in [2.45, 2.75) is 32.1 Å². The first-order valence-electron chi connectivity index (χ1n) is 3.88. The minimum Gasteiger partial charge on any atom is -0.294 e. The minimum atomic E-state index is -0.167. The molecule has 64 valence electrons. The van der Waals surface area contributed by atoms with E-state index in [-0.39, 0.29) is 26.0 Å². The molecule has 0 heterocycles. The van der Waals surface area contributed by atoms with Crippen molar-refractivity contribution in [2.75, 3.05) is 6.61 Å². The fourth-order valence-electron chi connectivity index (χ4n) is 1.56. The van der Waals surface area contributed by atoms with E-state index in [0.29, 0.717) is 6.61 Å². The molecule has 0 spiro atoms. The van der Waals surface area contributed by atoms with E-state index in [1.54, 1.807) is 0 Å². The van der Waals surface area contributed by atoms with Gasteiger partial charge in [0.15, 0.2) is 17.4 Å². The van der Waals surface area contributed by atoms with Crippen LogP contribution in [0.25, 0.3) is 0 Å². The van der Waals surface area contributed by atoms with Gasteiger partial charge < -0.3 is 0 Å². The van der Waals surface area contributed by atoms with Crippen LogP contribution < -0.4 is 0 Å². The first-order valence-corrected chi connectivity index (χ1v) is 4.61. The molecule has 0 aromatic rings. The Kier molecular flexibility index (Phi) is 7.64. The van der Waals surface area contributed by atoms with Gasteiger partial charge in [-0.2, -0.15) is 0 Å². The molecule has 0 amide bonds. The summed E-state index contributed by atoms with van der Waals surface area (Å²) in [7, 11) is -0.167. The quantitative estimate of drug-likeness (QED) is 0.382. The molecule has 0 aromatic carbocycles. The smallest absolute Gasteiger partial charge is 0.294 e. The lowest BCUT2D eigenvalue weighted by Crippen LogP contribution is -1.96. The van der Waals surface area contributed by atoms with Crippen molar-refractivity contribution in [3.63, 3.8) is 0 Å². The van der Waals surface area contributed by atoms with Crippen molar-refractivity contribution >= 4 is 26.0 Å². The average Bonchev–Trinajstić information content (AvgIpc) is 2.41. The van der Waals surface area contributed by atoms with E-state index < -0.39 is 0 Å². The molecule has 0 aromatic heterocycles. The molecular weight excluding hydrogens is 174 g/mol.